The van der Waals surface area contributed by atoms with Crippen molar-refractivity contribution in [1.29, 1.82) is 0 Å². The third-order valence-corrected chi connectivity index (χ3v) is 3.72. The van der Waals surface area contributed by atoms with Crippen LogP contribution < -0.4 is 0 Å². The Bertz CT molecular complexity index is 524. The van der Waals surface area contributed by atoms with Crippen LogP contribution in [-0.4, -0.2) is 40.0 Å². The summed E-state index contributed by atoms with van der Waals surface area (Å²) >= 11 is 0. The van der Waals surface area contributed by atoms with E-state index in [1.54, 1.807) is 13.1 Å². The van der Waals surface area contributed by atoms with Gasteiger partial charge in [-0.25, -0.2) is 0 Å². The van der Waals surface area contributed by atoms with Crippen LogP contribution in [0, 0.1) is 10.1 Å². The Hall–Kier alpha value is -1.95. The molecule has 0 spiro atoms. The molecule has 6 nitrogen and oxygen atoms in total. The smallest absolute Gasteiger partial charge is 0.270 e. The Kier molecular flexibility index (Phi) is 4.04. The summed E-state index contributed by atoms with van der Waals surface area (Å²) in [6, 6.07) is 5.65. The molecular weight excluding hydrogens is 260 g/mol. The van der Waals surface area contributed by atoms with Crippen LogP contribution in [0.4, 0.5) is 5.69 Å². The van der Waals surface area contributed by atoms with E-state index in [1.807, 2.05) is 0 Å². The Labute approximate surface area is 117 Å². The highest BCUT2D eigenvalue weighted by molar-refractivity contribution is 5.94. The van der Waals surface area contributed by atoms with Gasteiger partial charge in [-0.15, -0.1) is 0 Å². The number of benzene rings is 1. The second-order valence-electron chi connectivity index (χ2n) is 5.40. The summed E-state index contributed by atoms with van der Waals surface area (Å²) in [5.41, 5.74) is -0.655. The lowest BCUT2D eigenvalue weighted by Crippen LogP contribution is -2.42. The van der Waals surface area contributed by atoms with Crippen LogP contribution in [0.5, 0.6) is 0 Å². The number of likely N-dealkylation sites (N-methyl/N-ethyl adjacent to an activating group) is 1. The van der Waals surface area contributed by atoms with E-state index in [4.69, 9.17) is 0 Å². The summed E-state index contributed by atoms with van der Waals surface area (Å²) in [4.78, 5) is 23.9. The number of nitrogens with zero attached hydrogens (tertiary/aromatic N) is 2. The van der Waals surface area contributed by atoms with Crippen molar-refractivity contribution in [3.8, 4) is 0 Å². The minimum absolute atomic E-state index is 0.108. The molecule has 0 atom stereocenters. The maximum Gasteiger partial charge on any atom is 0.270 e. The molecule has 6 heteroatoms. The van der Waals surface area contributed by atoms with Crippen LogP contribution in [0.2, 0.25) is 0 Å². The summed E-state index contributed by atoms with van der Waals surface area (Å²) in [6.07, 6.45) is 3.32. The number of hydrogen-bond donors (Lipinski definition) is 1. The average molecular weight is 278 g/mol. The number of carbonyl (C=O) groups is 1. The first-order valence-electron chi connectivity index (χ1n) is 6.64. The average Bonchev–Trinajstić information content (AvgIpc) is 2.84. The summed E-state index contributed by atoms with van der Waals surface area (Å²) in [7, 11) is 1.61. The predicted molar refractivity (Wildman–Crippen MR) is 73.5 cm³/mol. The van der Waals surface area contributed by atoms with E-state index >= 15 is 0 Å². The Morgan fingerprint density at radius 2 is 2.10 bits per heavy atom. The standard InChI is InChI=1S/C14H18N2O4/c1-15(10-14(18)7-2-3-8-14)13(17)11-5-4-6-12(9-11)16(19)20/h4-6,9,18H,2-3,7-8,10H2,1H3. The van der Waals surface area contributed by atoms with Gasteiger partial charge in [0.05, 0.1) is 10.5 Å². The van der Waals surface area contributed by atoms with Crippen LogP contribution in [0.1, 0.15) is 36.0 Å². The highest BCUT2D eigenvalue weighted by Gasteiger charge is 2.33. The second kappa shape index (κ2) is 5.58. The van der Waals surface area contributed by atoms with Gasteiger partial charge in [-0.1, -0.05) is 18.9 Å². The fourth-order valence-corrected chi connectivity index (χ4v) is 2.68. The summed E-state index contributed by atoms with van der Waals surface area (Å²) in [6.45, 7) is 0.258. The molecular formula is C14H18N2O4. The fourth-order valence-electron chi connectivity index (χ4n) is 2.68. The first-order valence-corrected chi connectivity index (χ1v) is 6.64. The topological polar surface area (TPSA) is 83.7 Å². The number of amides is 1. The number of hydrogen-bond acceptors (Lipinski definition) is 4. The van der Waals surface area contributed by atoms with E-state index in [9.17, 15) is 20.0 Å². The highest BCUT2D eigenvalue weighted by Crippen LogP contribution is 2.30. The SMILES string of the molecule is CN(CC1(O)CCCC1)C(=O)c1cccc([N+](=O)[O-])c1. The van der Waals surface area contributed by atoms with Crippen molar-refractivity contribution >= 4 is 11.6 Å². The van der Waals surface area contributed by atoms with Crippen molar-refractivity contribution in [3.05, 3.63) is 39.9 Å². The maximum absolute atomic E-state index is 12.2. The molecule has 1 amide bonds. The molecule has 1 aromatic carbocycles. The van der Waals surface area contributed by atoms with Gasteiger partial charge in [-0.3, -0.25) is 14.9 Å². The summed E-state index contributed by atoms with van der Waals surface area (Å²) < 4.78 is 0. The molecule has 2 rings (SSSR count). The van der Waals surface area contributed by atoms with Crippen molar-refractivity contribution in [3.63, 3.8) is 0 Å². The van der Waals surface area contributed by atoms with Crippen LogP contribution in [0.15, 0.2) is 24.3 Å². The van der Waals surface area contributed by atoms with Gasteiger partial charge in [-0.05, 0) is 18.9 Å². The molecule has 1 saturated carbocycles. The molecule has 0 radical (unpaired) electrons. The van der Waals surface area contributed by atoms with E-state index in [2.05, 4.69) is 0 Å². The second-order valence-corrected chi connectivity index (χ2v) is 5.40. The van der Waals surface area contributed by atoms with E-state index in [-0.39, 0.29) is 23.7 Å². The largest absolute Gasteiger partial charge is 0.388 e. The van der Waals surface area contributed by atoms with Crippen LogP contribution in [0.3, 0.4) is 0 Å². The first-order chi connectivity index (χ1) is 9.41. The molecule has 1 aliphatic rings. The first kappa shape index (κ1) is 14.5. The molecule has 0 heterocycles. The van der Waals surface area contributed by atoms with Crippen molar-refractivity contribution in [2.45, 2.75) is 31.3 Å². The quantitative estimate of drug-likeness (QED) is 0.674. The lowest BCUT2D eigenvalue weighted by Gasteiger charge is -2.28. The van der Waals surface area contributed by atoms with Crippen LogP contribution in [0.25, 0.3) is 0 Å². The Balaban J connectivity index is 2.10. The molecule has 0 bridgehead atoms. The molecule has 0 saturated heterocycles. The summed E-state index contributed by atoms with van der Waals surface area (Å²) in [5.74, 6) is -0.311. The monoisotopic (exact) mass is 278 g/mol. The molecule has 108 valence electrons. The number of non-ortho nitro benzene ring substituents is 1. The van der Waals surface area contributed by atoms with E-state index in [0.29, 0.717) is 12.8 Å². The van der Waals surface area contributed by atoms with Crippen LogP contribution in [-0.2, 0) is 0 Å². The van der Waals surface area contributed by atoms with Crippen LogP contribution >= 0.6 is 0 Å². The third-order valence-electron chi connectivity index (χ3n) is 3.72. The molecule has 1 fully saturated rings. The van der Waals surface area contributed by atoms with Gasteiger partial charge in [0.25, 0.3) is 11.6 Å². The lowest BCUT2D eigenvalue weighted by atomic mass is 10.0. The number of carbonyl (C=O) groups excluding carboxylic acids is 1. The summed E-state index contributed by atoms with van der Waals surface area (Å²) in [5, 5.41) is 21.0. The van der Waals surface area contributed by atoms with Crippen molar-refractivity contribution in [2.75, 3.05) is 13.6 Å². The minimum Gasteiger partial charge on any atom is -0.388 e. The zero-order chi connectivity index (χ0) is 14.8. The van der Waals surface area contributed by atoms with Gasteiger partial charge in [0.2, 0.25) is 0 Å². The molecule has 1 aromatic rings. The van der Waals surface area contributed by atoms with Gasteiger partial charge in [0.15, 0.2) is 0 Å². The molecule has 0 unspecified atom stereocenters. The van der Waals surface area contributed by atoms with Crippen molar-refractivity contribution in [1.82, 2.24) is 4.90 Å². The maximum atomic E-state index is 12.2. The highest BCUT2D eigenvalue weighted by atomic mass is 16.6. The molecule has 0 aliphatic heterocycles. The molecule has 1 aliphatic carbocycles. The normalized spacial score (nSPS) is 16.9. The van der Waals surface area contributed by atoms with E-state index in [1.165, 1.54) is 23.1 Å². The molecule has 20 heavy (non-hydrogen) atoms. The molecule has 1 N–H and O–H groups in total. The number of nitro benzene ring substituents is 1. The van der Waals surface area contributed by atoms with Gasteiger partial charge in [0.1, 0.15) is 0 Å². The number of nitro groups is 1. The zero-order valence-corrected chi connectivity index (χ0v) is 11.4. The number of aliphatic hydroxyl groups is 1. The van der Waals surface area contributed by atoms with Gasteiger partial charge >= 0.3 is 0 Å². The lowest BCUT2D eigenvalue weighted by molar-refractivity contribution is -0.384. The third kappa shape index (κ3) is 3.14. The van der Waals surface area contributed by atoms with Gasteiger partial charge in [0, 0.05) is 31.3 Å². The Morgan fingerprint density at radius 1 is 1.45 bits per heavy atom. The Morgan fingerprint density at radius 3 is 2.70 bits per heavy atom. The van der Waals surface area contributed by atoms with Crippen molar-refractivity contribution < 1.29 is 14.8 Å². The fraction of sp³-hybridized carbons (Fsp3) is 0.500. The van der Waals surface area contributed by atoms with E-state index < -0.39 is 10.5 Å². The molecule has 0 aromatic heterocycles. The zero-order valence-electron chi connectivity index (χ0n) is 11.4. The predicted octanol–water partition coefficient (Wildman–Crippen LogP) is 1.97. The van der Waals surface area contributed by atoms with E-state index in [0.717, 1.165) is 12.8 Å². The van der Waals surface area contributed by atoms with Gasteiger partial charge < -0.3 is 10.0 Å². The number of rotatable bonds is 4. The van der Waals surface area contributed by atoms with Gasteiger partial charge in [-0.2, -0.15) is 0 Å². The minimum atomic E-state index is -0.814. The van der Waals surface area contributed by atoms with Crippen molar-refractivity contribution in [2.24, 2.45) is 0 Å².